The number of anilines is 1. The van der Waals surface area contributed by atoms with Gasteiger partial charge in [-0.25, -0.2) is 13.1 Å². The maximum absolute atomic E-state index is 11.9. The summed E-state index contributed by atoms with van der Waals surface area (Å²) in [5, 5.41) is 9.32. The van der Waals surface area contributed by atoms with E-state index >= 15 is 0 Å². The molecular weight excluding hydrogens is 308 g/mol. The average molecular weight is 323 g/mol. The van der Waals surface area contributed by atoms with Gasteiger partial charge >= 0.3 is 0 Å². The molecule has 1 unspecified atom stereocenters. The van der Waals surface area contributed by atoms with Gasteiger partial charge in [0.05, 0.1) is 11.0 Å². The smallest absolute Gasteiger partial charge is 0.241 e. The van der Waals surface area contributed by atoms with Crippen LogP contribution in [-0.4, -0.2) is 26.2 Å². The maximum atomic E-state index is 11.9. The summed E-state index contributed by atoms with van der Waals surface area (Å²) < 4.78 is 26.5. The SMILES string of the molecule is CCC(O)CNS(=O)(=O)c1ccc(N)cc1Br. The molecule has 1 aromatic rings. The molecule has 96 valence electrons. The summed E-state index contributed by atoms with van der Waals surface area (Å²) in [5.74, 6) is 0. The lowest BCUT2D eigenvalue weighted by Gasteiger charge is -2.11. The number of hydrogen-bond donors (Lipinski definition) is 3. The van der Waals surface area contributed by atoms with Crippen molar-refractivity contribution in [2.45, 2.75) is 24.3 Å². The van der Waals surface area contributed by atoms with Crippen molar-refractivity contribution in [2.75, 3.05) is 12.3 Å². The van der Waals surface area contributed by atoms with Gasteiger partial charge in [-0.15, -0.1) is 0 Å². The fourth-order valence-corrected chi connectivity index (χ4v) is 3.33. The Morgan fingerprint density at radius 1 is 1.53 bits per heavy atom. The second-order valence-electron chi connectivity index (χ2n) is 3.60. The van der Waals surface area contributed by atoms with Crippen LogP contribution in [0.5, 0.6) is 0 Å². The van der Waals surface area contributed by atoms with E-state index in [1.807, 2.05) is 0 Å². The first-order valence-electron chi connectivity index (χ1n) is 5.09. The quantitative estimate of drug-likeness (QED) is 0.707. The van der Waals surface area contributed by atoms with Gasteiger partial charge in [0.2, 0.25) is 10.0 Å². The van der Waals surface area contributed by atoms with Crippen molar-refractivity contribution in [1.82, 2.24) is 4.72 Å². The van der Waals surface area contributed by atoms with Gasteiger partial charge in [0, 0.05) is 16.7 Å². The Morgan fingerprint density at radius 2 is 2.18 bits per heavy atom. The Morgan fingerprint density at radius 3 is 2.71 bits per heavy atom. The highest BCUT2D eigenvalue weighted by atomic mass is 79.9. The molecule has 0 radical (unpaired) electrons. The van der Waals surface area contributed by atoms with E-state index < -0.39 is 16.1 Å². The first-order valence-corrected chi connectivity index (χ1v) is 7.37. The van der Waals surface area contributed by atoms with Gasteiger partial charge in [-0.3, -0.25) is 0 Å². The topological polar surface area (TPSA) is 92.4 Å². The lowest BCUT2D eigenvalue weighted by molar-refractivity contribution is 0.174. The zero-order chi connectivity index (χ0) is 13.1. The molecule has 0 spiro atoms. The molecule has 5 nitrogen and oxygen atoms in total. The molecule has 7 heteroatoms. The van der Waals surface area contributed by atoms with Gasteiger partial charge in [-0.1, -0.05) is 6.92 Å². The van der Waals surface area contributed by atoms with E-state index in [0.717, 1.165) is 0 Å². The molecule has 0 aliphatic heterocycles. The predicted octanol–water partition coefficient (Wildman–Crippen LogP) is 1.08. The van der Waals surface area contributed by atoms with E-state index in [4.69, 9.17) is 5.73 Å². The molecule has 1 aromatic carbocycles. The number of hydrogen-bond acceptors (Lipinski definition) is 4. The molecule has 1 atom stereocenters. The summed E-state index contributed by atoms with van der Waals surface area (Å²) in [6.07, 6.45) is -0.192. The molecule has 0 saturated carbocycles. The van der Waals surface area contributed by atoms with Crippen LogP contribution < -0.4 is 10.5 Å². The first kappa shape index (κ1) is 14.4. The van der Waals surface area contributed by atoms with Crippen molar-refractivity contribution in [1.29, 1.82) is 0 Å². The Hall–Kier alpha value is -0.630. The van der Waals surface area contributed by atoms with Crippen LogP contribution in [-0.2, 0) is 10.0 Å². The summed E-state index contributed by atoms with van der Waals surface area (Å²) in [4.78, 5) is 0.106. The number of aliphatic hydroxyl groups is 1. The molecule has 4 N–H and O–H groups in total. The number of nitrogen functional groups attached to an aromatic ring is 1. The van der Waals surface area contributed by atoms with Crippen LogP contribution in [0.1, 0.15) is 13.3 Å². The number of rotatable bonds is 5. The number of benzene rings is 1. The van der Waals surface area contributed by atoms with Crippen LogP contribution in [0.3, 0.4) is 0 Å². The van der Waals surface area contributed by atoms with Crippen LogP contribution in [0.25, 0.3) is 0 Å². The minimum atomic E-state index is -3.63. The fraction of sp³-hybridized carbons (Fsp3) is 0.400. The molecule has 0 aromatic heterocycles. The molecule has 0 amide bonds. The van der Waals surface area contributed by atoms with E-state index in [2.05, 4.69) is 20.7 Å². The highest BCUT2D eigenvalue weighted by molar-refractivity contribution is 9.10. The van der Waals surface area contributed by atoms with Crippen molar-refractivity contribution in [3.8, 4) is 0 Å². The Kier molecular flexibility index (Phi) is 4.93. The zero-order valence-corrected chi connectivity index (χ0v) is 11.8. The van der Waals surface area contributed by atoms with Crippen molar-refractivity contribution >= 4 is 31.6 Å². The van der Waals surface area contributed by atoms with Crippen molar-refractivity contribution in [3.63, 3.8) is 0 Å². The Balaban J connectivity index is 2.90. The maximum Gasteiger partial charge on any atom is 0.241 e. The van der Waals surface area contributed by atoms with Crippen LogP contribution >= 0.6 is 15.9 Å². The minimum absolute atomic E-state index is 0.00432. The lowest BCUT2D eigenvalue weighted by atomic mass is 10.3. The van der Waals surface area contributed by atoms with Crippen molar-refractivity contribution in [2.24, 2.45) is 0 Å². The van der Waals surface area contributed by atoms with Crippen molar-refractivity contribution in [3.05, 3.63) is 22.7 Å². The number of nitrogens with two attached hydrogens (primary N) is 1. The third-order valence-corrected chi connectivity index (χ3v) is 4.63. The normalized spacial score (nSPS) is 13.6. The number of nitrogens with one attached hydrogen (secondary N) is 1. The Bertz CT molecular complexity index is 490. The predicted molar refractivity (Wildman–Crippen MR) is 70.0 cm³/mol. The first-order chi connectivity index (χ1) is 7.86. The highest BCUT2D eigenvalue weighted by Gasteiger charge is 2.18. The zero-order valence-electron chi connectivity index (χ0n) is 9.35. The standard InChI is InChI=1S/C10H15BrN2O3S/c1-2-8(14)6-13-17(15,16)10-4-3-7(12)5-9(10)11/h3-5,8,13-14H,2,6,12H2,1H3. The monoisotopic (exact) mass is 322 g/mol. The second-order valence-corrected chi connectivity index (χ2v) is 6.19. The van der Waals surface area contributed by atoms with E-state index in [-0.39, 0.29) is 11.4 Å². The van der Waals surface area contributed by atoms with E-state index in [1.165, 1.54) is 18.2 Å². The van der Waals surface area contributed by atoms with Crippen LogP contribution in [0.4, 0.5) is 5.69 Å². The molecule has 17 heavy (non-hydrogen) atoms. The van der Waals surface area contributed by atoms with E-state index in [9.17, 15) is 13.5 Å². The number of aliphatic hydroxyl groups excluding tert-OH is 1. The molecule has 1 rings (SSSR count). The molecule has 0 fully saturated rings. The van der Waals surface area contributed by atoms with E-state index in [1.54, 1.807) is 6.92 Å². The van der Waals surface area contributed by atoms with Gasteiger partial charge < -0.3 is 10.8 Å². The van der Waals surface area contributed by atoms with Gasteiger partial charge in [-0.05, 0) is 40.5 Å². The number of halogens is 1. The van der Waals surface area contributed by atoms with Gasteiger partial charge in [-0.2, -0.15) is 0 Å². The van der Waals surface area contributed by atoms with Gasteiger partial charge in [0.15, 0.2) is 0 Å². The third kappa shape index (κ3) is 3.95. The molecule has 0 saturated heterocycles. The lowest BCUT2D eigenvalue weighted by Crippen LogP contribution is -2.32. The van der Waals surface area contributed by atoms with Crippen LogP contribution in [0.15, 0.2) is 27.6 Å². The van der Waals surface area contributed by atoms with Gasteiger partial charge in [0.25, 0.3) is 0 Å². The van der Waals surface area contributed by atoms with Crippen LogP contribution in [0, 0.1) is 0 Å². The Labute approximate surface area is 109 Å². The molecule has 0 aliphatic carbocycles. The highest BCUT2D eigenvalue weighted by Crippen LogP contribution is 2.23. The summed E-state index contributed by atoms with van der Waals surface area (Å²) in [5.41, 5.74) is 6.01. The molecular formula is C10H15BrN2O3S. The molecule has 0 aliphatic rings. The summed E-state index contributed by atoms with van der Waals surface area (Å²) in [7, 11) is -3.63. The average Bonchev–Trinajstić information content (AvgIpc) is 2.25. The largest absolute Gasteiger partial charge is 0.399 e. The minimum Gasteiger partial charge on any atom is -0.399 e. The molecule has 0 heterocycles. The summed E-state index contributed by atoms with van der Waals surface area (Å²) in [6, 6.07) is 4.44. The number of sulfonamides is 1. The van der Waals surface area contributed by atoms with Gasteiger partial charge in [0.1, 0.15) is 0 Å². The van der Waals surface area contributed by atoms with Crippen LogP contribution in [0.2, 0.25) is 0 Å². The van der Waals surface area contributed by atoms with E-state index in [0.29, 0.717) is 16.6 Å². The summed E-state index contributed by atoms with van der Waals surface area (Å²) >= 11 is 3.15. The van der Waals surface area contributed by atoms with Crippen molar-refractivity contribution < 1.29 is 13.5 Å². The second kappa shape index (κ2) is 5.81. The molecule has 0 bridgehead atoms. The summed E-state index contributed by atoms with van der Waals surface area (Å²) in [6.45, 7) is 1.77. The fourth-order valence-electron chi connectivity index (χ4n) is 1.16. The third-order valence-electron chi connectivity index (χ3n) is 2.23.